The minimum atomic E-state index is -0.316. The molecule has 1 aliphatic heterocycles. The number of aliphatic imine (C=N–C) groups is 1. The summed E-state index contributed by atoms with van der Waals surface area (Å²) in [5.41, 5.74) is 1.86. The molecule has 0 radical (unpaired) electrons. The molecular weight excluding hydrogens is 455 g/mol. The van der Waals surface area contributed by atoms with E-state index in [0.717, 1.165) is 56.0 Å². The molecule has 1 heterocycles. The molecule has 1 fully saturated rings. The lowest BCUT2D eigenvalue weighted by atomic mass is 10.2. The van der Waals surface area contributed by atoms with Crippen molar-refractivity contribution in [2.75, 3.05) is 32.1 Å². The van der Waals surface area contributed by atoms with Crippen molar-refractivity contribution in [1.29, 1.82) is 0 Å². The minimum Gasteiger partial charge on any atom is -0.368 e. The van der Waals surface area contributed by atoms with Crippen LogP contribution in [0.2, 0.25) is 0 Å². The molecule has 0 saturated carbocycles. The third-order valence-corrected chi connectivity index (χ3v) is 4.37. The average molecular weight is 488 g/mol. The van der Waals surface area contributed by atoms with Crippen molar-refractivity contribution in [3.63, 3.8) is 0 Å². The molecule has 1 atom stereocenters. The molecule has 152 valence electrons. The number of guanidine groups is 1. The summed E-state index contributed by atoms with van der Waals surface area (Å²) >= 11 is 0. The first-order valence-corrected chi connectivity index (χ1v) is 9.64. The van der Waals surface area contributed by atoms with Gasteiger partial charge in [-0.05, 0) is 43.9 Å². The molecule has 27 heavy (non-hydrogen) atoms. The molecular formula is C20H33IN4O2. The monoisotopic (exact) mass is 488 g/mol. The Labute approximate surface area is 180 Å². The van der Waals surface area contributed by atoms with Crippen LogP contribution in [0.1, 0.15) is 45.1 Å². The number of carbonyl (C=O) groups is 1. The first-order valence-electron chi connectivity index (χ1n) is 9.64. The second-order valence-electron chi connectivity index (χ2n) is 6.64. The van der Waals surface area contributed by atoms with Crippen molar-refractivity contribution in [3.05, 3.63) is 29.8 Å². The largest absolute Gasteiger partial charge is 0.368 e. The minimum absolute atomic E-state index is 0. The van der Waals surface area contributed by atoms with E-state index in [4.69, 9.17) is 9.73 Å². The molecule has 1 aromatic rings. The van der Waals surface area contributed by atoms with Crippen molar-refractivity contribution in [2.45, 2.75) is 52.2 Å². The summed E-state index contributed by atoms with van der Waals surface area (Å²) in [5, 5.41) is 6.28. The number of ether oxygens (including phenoxy) is 1. The second kappa shape index (κ2) is 12.9. The zero-order valence-electron chi connectivity index (χ0n) is 16.7. The van der Waals surface area contributed by atoms with Crippen LogP contribution in [0.15, 0.2) is 29.3 Å². The van der Waals surface area contributed by atoms with Crippen LogP contribution >= 0.6 is 24.0 Å². The fourth-order valence-corrected chi connectivity index (χ4v) is 2.89. The maximum absolute atomic E-state index is 12.2. The topological polar surface area (TPSA) is 66.0 Å². The van der Waals surface area contributed by atoms with E-state index in [1.165, 1.54) is 0 Å². The van der Waals surface area contributed by atoms with E-state index >= 15 is 0 Å². The van der Waals surface area contributed by atoms with Crippen molar-refractivity contribution in [3.8, 4) is 0 Å². The average Bonchev–Trinajstić information content (AvgIpc) is 3.18. The number of benzene rings is 1. The van der Waals surface area contributed by atoms with E-state index < -0.39 is 0 Å². The van der Waals surface area contributed by atoms with E-state index in [0.29, 0.717) is 13.2 Å². The Morgan fingerprint density at radius 1 is 1.37 bits per heavy atom. The van der Waals surface area contributed by atoms with Gasteiger partial charge in [0.2, 0.25) is 0 Å². The normalized spacial score (nSPS) is 16.6. The maximum atomic E-state index is 12.2. The van der Waals surface area contributed by atoms with Crippen molar-refractivity contribution >= 4 is 41.5 Å². The Balaban J connectivity index is 0.00000364. The quantitative estimate of drug-likeness (QED) is 0.333. The van der Waals surface area contributed by atoms with Crippen LogP contribution in [-0.2, 0) is 16.1 Å². The van der Waals surface area contributed by atoms with Crippen LogP contribution in [0.25, 0.3) is 0 Å². The standard InChI is InChI=1S/C20H32N4O2.HI/c1-4-6-12-24(3)20(21-5-2)22-15-16-9-7-10-17(14-16)23-19(25)18-11-8-13-26-18;/h7,9-10,14,18H,4-6,8,11-13,15H2,1-3H3,(H,21,22)(H,23,25);1H. The van der Waals surface area contributed by atoms with Gasteiger partial charge in [0.05, 0.1) is 6.54 Å². The third-order valence-electron chi connectivity index (χ3n) is 4.37. The molecule has 0 aromatic heterocycles. The smallest absolute Gasteiger partial charge is 0.253 e. The second-order valence-corrected chi connectivity index (χ2v) is 6.64. The summed E-state index contributed by atoms with van der Waals surface area (Å²) in [6, 6.07) is 7.86. The Kier molecular flexibility index (Phi) is 11.3. The maximum Gasteiger partial charge on any atom is 0.253 e. The highest BCUT2D eigenvalue weighted by molar-refractivity contribution is 14.0. The van der Waals surface area contributed by atoms with Gasteiger partial charge in [0.15, 0.2) is 5.96 Å². The zero-order valence-corrected chi connectivity index (χ0v) is 19.0. The highest BCUT2D eigenvalue weighted by atomic mass is 127. The molecule has 1 saturated heterocycles. The molecule has 6 nitrogen and oxygen atoms in total. The number of nitrogens with one attached hydrogen (secondary N) is 2. The Hall–Kier alpha value is -1.35. The molecule has 1 aromatic carbocycles. The summed E-state index contributed by atoms with van der Waals surface area (Å²) in [6.45, 7) is 7.33. The molecule has 1 aliphatic rings. The van der Waals surface area contributed by atoms with E-state index in [-0.39, 0.29) is 36.0 Å². The third kappa shape index (κ3) is 8.04. The highest BCUT2D eigenvalue weighted by Crippen LogP contribution is 2.16. The molecule has 0 spiro atoms. The van der Waals surface area contributed by atoms with Crippen LogP contribution in [0.3, 0.4) is 0 Å². The van der Waals surface area contributed by atoms with E-state index in [2.05, 4.69) is 36.4 Å². The van der Waals surface area contributed by atoms with E-state index in [1.807, 2.05) is 24.3 Å². The van der Waals surface area contributed by atoms with Crippen LogP contribution in [0, 0.1) is 0 Å². The van der Waals surface area contributed by atoms with Gasteiger partial charge in [-0.2, -0.15) is 0 Å². The van der Waals surface area contributed by atoms with Gasteiger partial charge >= 0.3 is 0 Å². The molecule has 0 bridgehead atoms. The lowest BCUT2D eigenvalue weighted by Gasteiger charge is -2.21. The van der Waals surface area contributed by atoms with Crippen molar-refractivity contribution < 1.29 is 9.53 Å². The predicted molar refractivity (Wildman–Crippen MR) is 122 cm³/mol. The summed E-state index contributed by atoms with van der Waals surface area (Å²) in [7, 11) is 2.06. The van der Waals surface area contributed by atoms with Crippen molar-refractivity contribution in [2.24, 2.45) is 4.99 Å². The lowest BCUT2D eigenvalue weighted by Crippen LogP contribution is -2.39. The number of nitrogens with zero attached hydrogens (tertiary/aromatic N) is 2. The van der Waals surface area contributed by atoms with E-state index in [9.17, 15) is 4.79 Å². The fourth-order valence-electron chi connectivity index (χ4n) is 2.89. The number of unbranched alkanes of at least 4 members (excludes halogenated alkanes) is 1. The van der Waals surface area contributed by atoms with Crippen LogP contribution in [0.4, 0.5) is 5.69 Å². The predicted octanol–water partition coefficient (Wildman–Crippen LogP) is 3.62. The summed E-state index contributed by atoms with van der Waals surface area (Å²) in [4.78, 5) is 19.1. The van der Waals surface area contributed by atoms with Gasteiger partial charge in [0.25, 0.3) is 5.91 Å². The van der Waals surface area contributed by atoms with Gasteiger partial charge in [-0.3, -0.25) is 4.79 Å². The Morgan fingerprint density at radius 2 is 2.19 bits per heavy atom. The summed E-state index contributed by atoms with van der Waals surface area (Å²) in [6.07, 6.45) is 3.74. The molecule has 7 heteroatoms. The van der Waals surface area contributed by atoms with Crippen LogP contribution < -0.4 is 10.6 Å². The van der Waals surface area contributed by atoms with Gasteiger partial charge in [0.1, 0.15) is 6.10 Å². The number of hydrogen-bond acceptors (Lipinski definition) is 3. The number of halogens is 1. The van der Waals surface area contributed by atoms with Gasteiger partial charge in [-0.15, -0.1) is 24.0 Å². The van der Waals surface area contributed by atoms with Gasteiger partial charge in [0, 0.05) is 32.4 Å². The van der Waals surface area contributed by atoms with Gasteiger partial charge < -0.3 is 20.3 Å². The number of anilines is 1. The van der Waals surface area contributed by atoms with Gasteiger partial charge in [-0.1, -0.05) is 25.5 Å². The number of rotatable bonds is 8. The number of hydrogen-bond donors (Lipinski definition) is 2. The Morgan fingerprint density at radius 3 is 2.85 bits per heavy atom. The van der Waals surface area contributed by atoms with Crippen LogP contribution in [-0.4, -0.2) is 49.6 Å². The highest BCUT2D eigenvalue weighted by Gasteiger charge is 2.23. The number of amides is 1. The Bertz CT molecular complexity index is 603. The molecule has 1 amide bonds. The van der Waals surface area contributed by atoms with Gasteiger partial charge in [-0.25, -0.2) is 4.99 Å². The van der Waals surface area contributed by atoms with E-state index in [1.54, 1.807) is 0 Å². The molecule has 2 N–H and O–H groups in total. The number of carbonyl (C=O) groups excluding carboxylic acids is 1. The fraction of sp³-hybridized carbons (Fsp3) is 0.600. The lowest BCUT2D eigenvalue weighted by molar-refractivity contribution is -0.124. The summed E-state index contributed by atoms with van der Waals surface area (Å²) in [5.74, 6) is 0.852. The molecule has 1 unspecified atom stereocenters. The van der Waals surface area contributed by atoms with Crippen LogP contribution in [0.5, 0.6) is 0 Å². The zero-order chi connectivity index (χ0) is 18.8. The molecule has 0 aliphatic carbocycles. The summed E-state index contributed by atoms with van der Waals surface area (Å²) < 4.78 is 5.43. The first-order chi connectivity index (χ1) is 12.6. The first kappa shape index (κ1) is 23.7. The molecule has 2 rings (SSSR count). The van der Waals surface area contributed by atoms with Crippen molar-refractivity contribution in [1.82, 2.24) is 10.2 Å². The SMILES string of the molecule is CCCCN(C)C(=NCc1cccc(NC(=O)C2CCCO2)c1)NCC.I.